The molecule has 0 aromatic rings. The predicted molar refractivity (Wildman–Crippen MR) is 45.6 cm³/mol. The van der Waals surface area contributed by atoms with Crippen LogP contribution in [0.4, 0.5) is 0 Å². The maximum atomic E-state index is 10.9. The fourth-order valence-electron chi connectivity index (χ4n) is 1.86. The average Bonchev–Trinajstić information content (AvgIpc) is 2.32. The van der Waals surface area contributed by atoms with Crippen molar-refractivity contribution in [2.24, 2.45) is 0 Å². The van der Waals surface area contributed by atoms with Gasteiger partial charge < -0.3 is 0 Å². The Morgan fingerprint density at radius 2 is 1.42 bits per heavy atom. The lowest BCUT2D eigenvalue weighted by Gasteiger charge is -2.17. The van der Waals surface area contributed by atoms with Crippen LogP contribution in [-0.4, -0.2) is 16.4 Å². The van der Waals surface area contributed by atoms with Crippen LogP contribution >= 0.6 is 0 Å². The van der Waals surface area contributed by atoms with Crippen LogP contribution in [0.25, 0.3) is 0 Å². The van der Waals surface area contributed by atoms with Crippen LogP contribution in [0.1, 0.15) is 38.5 Å². The zero-order chi connectivity index (χ0) is 8.39. The molecule has 0 spiro atoms. The minimum Gasteiger partial charge on any atom is -0.262 e. The summed E-state index contributed by atoms with van der Waals surface area (Å²) in [6.07, 6.45) is 7.14. The third-order valence-electron chi connectivity index (χ3n) is 2.55. The predicted octanol–water partition coefficient (Wildman–Crippen LogP) is 1.70. The molecule has 3 nitrogen and oxygen atoms in total. The van der Waals surface area contributed by atoms with Crippen LogP contribution in [-0.2, 0) is 19.7 Å². The molecular weight excluding hydrogens is 176 g/mol. The van der Waals surface area contributed by atoms with Gasteiger partial charge in [0.15, 0.2) is 0 Å². The molecule has 0 bridgehead atoms. The third-order valence-corrected chi connectivity index (χ3v) is 3.35. The van der Waals surface area contributed by atoms with Crippen LogP contribution in [0.5, 0.6) is 0 Å². The van der Waals surface area contributed by atoms with Gasteiger partial charge in [-0.3, -0.25) is 8.37 Å². The molecule has 1 saturated carbocycles. The second kappa shape index (κ2) is 3.85. The summed E-state index contributed by atoms with van der Waals surface area (Å²) in [6, 6.07) is 0. The molecule has 1 heterocycles. The summed E-state index contributed by atoms with van der Waals surface area (Å²) < 4.78 is 21.2. The fraction of sp³-hybridized carbons (Fsp3) is 1.00. The van der Waals surface area contributed by atoms with Crippen molar-refractivity contribution >= 4 is 11.4 Å². The smallest absolute Gasteiger partial charge is 0.262 e. The standard InChI is InChI=1S/C8H14O3S/c9-12-10-7-5-3-1-2-4-6-8(7)11-12/h7-8H,1-6H2. The highest BCUT2D eigenvalue weighted by Crippen LogP contribution is 2.28. The molecule has 1 aliphatic carbocycles. The highest BCUT2D eigenvalue weighted by molar-refractivity contribution is 7.75. The Balaban J connectivity index is 1.96. The lowest BCUT2D eigenvalue weighted by Crippen LogP contribution is -2.23. The van der Waals surface area contributed by atoms with E-state index in [0.29, 0.717) is 0 Å². The molecule has 2 aliphatic rings. The average molecular weight is 190 g/mol. The van der Waals surface area contributed by atoms with Gasteiger partial charge in [0.05, 0.1) is 0 Å². The van der Waals surface area contributed by atoms with Crippen LogP contribution in [0, 0.1) is 0 Å². The van der Waals surface area contributed by atoms with E-state index in [4.69, 9.17) is 8.37 Å². The van der Waals surface area contributed by atoms with Crippen molar-refractivity contribution in [2.75, 3.05) is 0 Å². The molecule has 0 aromatic carbocycles. The van der Waals surface area contributed by atoms with E-state index in [-0.39, 0.29) is 12.2 Å². The van der Waals surface area contributed by atoms with Crippen molar-refractivity contribution in [1.29, 1.82) is 0 Å². The van der Waals surface area contributed by atoms with Gasteiger partial charge in [0.1, 0.15) is 12.2 Å². The molecule has 1 saturated heterocycles. The van der Waals surface area contributed by atoms with E-state index in [9.17, 15) is 4.21 Å². The number of hydrogen-bond acceptors (Lipinski definition) is 3. The van der Waals surface area contributed by atoms with Crippen LogP contribution in [0.2, 0.25) is 0 Å². The second-order valence-electron chi connectivity index (χ2n) is 3.47. The van der Waals surface area contributed by atoms with Crippen LogP contribution in [0.3, 0.4) is 0 Å². The highest BCUT2D eigenvalue weighted by Gasteiger charge is 2.34. The quantitative estimate of drug-likeness (QED) is 0.583. The Morgan fingerprint density at radius 1 is 0.917 bits per heavy atom. The summed E-state index contributed by atoms with van der Waals surface area (Å²) in [5.41, 5.74) is 0. The molecule has 2 fully saturated rings. The Labute approximate surface area is 75.3 Å². The summed E-state index contributed by atoms with van der Waals surface area (Å²) in [4.78, 5) is 0. The van der Waals surface area contributed by atoms with Gasteiger partial charge in [-0.25, -0.2) is 0 Å². The summed E-state index contributed by atoms with van der Waals surface area (Å²) >= 11 is -1.46. The van der Waals surface area contributed by atoms with Gasteiger partial charge in [0.2, 0.25) is 0 Å². The molecular formula is C8H14O3S. The Kier molecular flexibility index (Phi) is 2.78. The van der Waals surface area contributed by atoms with Gasteiger partial charge in [-0.1, -0.05) is 25.7 Å². The molecule has 0 N–H and O–H groups in total. The minimum absolute atomic E-state index is 0.103. The molecule has 0 amide bonds. The van der Waals surface area contributed by atoms with E-state index in [2.05, 4.69) is 0 Å². The van der Waals surface area contributed by atoms with E-state index in [1.54, 1.807) is 0 Å². The summed E-state index contributed by atoms with van der Waals surface area (Å²) in [5, 5.41) is 0. The minimum atomic E-state index is -1.46. The first-order valence-electron chi connectivity index (χ1n) is 4.62. The lowest BCUT2D eigenvalue weighted by molar-refractivity contribution is 0.126. The van der Waals surface area contributed by atoms with Crippen molar-refractivity contribution in [3.05, 3.63) is 0 Å². The van der Waals surface area contributed by atoms with E-state index >= 15 is 0 Å². The SMILES string of the molecule is O=S1OC2CCCCCCC2O1. The molecule has 1 aliphatic heterocycles. The zero-order valence-electron chi connectivity index (χ0n) is 7.03. The normalized spacial score (nSPS) is 43.2. The number of rotatable bonds is 0. The lowest BCUT2D eigenvalue weighted by atomic mass is 9.96. The molecule has 2 rings (SSSR count). The van der Waals surface area contributed by atoms with Gasteiger partial charge in [-0.05, 0) is 12.8 Å². The molecule has 12 heavy (non-hydrogen) atoms. The summed E-state index contributed by atoms with van der Waals surface area (Å²) in [6.45, 7) is 0. The first-order chi connectivity index (χ1) is 5.86. The van der Waals surface area contributed by atoms with Crippen molar-refractivity contribution in [1.82, 2.24) is 0 Å². The maximum Gasteiger partial charge on any atom is 0.305 e. The molecule has 2 atom stereocenters. The van der Waals surface area contributed by atoms with Crippen molar-refractivity contribution in [3.63, 3.8) is 0 Å². The zero-order valence-corrected chi connectivity index (χ0v) is 7.85. The maximum absolute atomic E-state index is 10.9. The Hall–Kier alpha value is 0.0700. The van der Waals surface area contributed by atoms with Crippen LogP contribution in [0.15, 0.2) is 0 Å². The highest BCUT2D eigenvalue weighted by atomic mass is 32.2. The van der Waals surface area contributed by atoms with Crippen molar-refractivity contribution < 1.29 is 12.6 Å². The van der Waals surface area contributed by atoms with Crippen molar-refractivity contribution in [2.45, 2.75) is 50.7 Å². The first-order valence-corrected chi connectivity index (χ1v) is 5.62. The topological polar surface area (TPSA) is 35.5 Å². The Bertz CT molecular complexity index is 165. The fourth-order valence-corrected chi connectivity index (χ4v) is 2.75. The first kappa shape index (κ1) is 8.66. The largest absolute Gasteiger partial charge is 0.305 e. The monoisotopic (exact) mass is 190 g/mol. The second-order valence-corrected chi connectivity index (χ2v) is 4.26. The third kappa shape index (κ3) is 1.87. The number of fused-ring (bicyclic) bond motifs is 1. The van der Waals surface area contributed by atoms with E-state index in [1.807, 2.05) is 0 Å². The van der Waals surface area contributed by atoms with Gasteiger partial charge >= 0.3 is 11.4 Å². The van der Waals surface area contributed by atoms with Gasteiger partial charge in [0, 0.05) is 0 Å². The number of hydrogen-bond donors (Lipinski definition) is 0. The van der Waals surface area contributed by atoms with Crippen molar-refractivity contribution in [3.8, 4) is 0 Å². The van der Waals surface area contributed by atoms with Gasteiger partial charge in [-0.15, -0.1) is 0 Å². The summed E-state index contributed by atoms with van der Waals surface area (Å²) in [5.74, 6) is 0. The van der Waals surface area contributed by atoms with Gasteiger partial charge in [-0.2, -0.15) is 4.21 Å². The van der Waals surface area contributed by atoms with Gasteiger partial charge in [0.25, 0.3) is 0 Å². The van der Waals surface area contributed by atoms with Crippen LogP contribution < -0.4 is 0 Å². The summed E-state index contributed by atoms with van der Waals surface area (Å²) in [7, 11) is 0. The Morgan fingerprint density at radius 3 is 1.92 bits per heavy atom. The molecule has 4 heteroatoms. The van der Waals surface area contributed by atoms with E-state index < -0.39 is 11.4 Å². The molecule has 2 unspecified atom stereocenters. The van der Waals surface area contributed by atoms with E-state index in [1.165, 1.54) is 25.7 Å². The molecule has 70 valence electrons. The molecule has 0 aromatic heterocycles. The molecule has 0 radical (unpaired) electrons. The van der Waals surface area contributed by atoms with E-state index in [0.717, 1.165) is 12.8 Å².